The average Bonchev–Trinajstić information content (AvgIpc) is 2.24. The highest BCUT2D eigenvalue weighted by Crippen LogP contribution is 2.31. The molecule has 0 unspecified atom stereocenters. The zero-order valence-corrected chi connectivity index (χ0v) is 15.5. The fourth-order valence-electron chi connectivity index (χ4n) is 2.58. The summed E-state index contributed by atoms with van der Waals surface area (Å²) in [5.41, 5.74) is 1.12. The third-order valence-corrected chi connectivity index (χ3v) is 3.48. The molecule has 0 aromatic rings. The number of hydrogen-bond acceptors (Lipinski definition) is 3. The van der Waals surface area contributed by atoms with Crippen molar-refractivity contribution in [1.29, 1.82) is 0 Å². The van der Waals surface area contributed by atoms with Gasteiger partial charge in [-0.2, -0.15) is 0 Å². The maximum atomic E-state index is 12.1. The Balaban J connectivity index is 4.22. The minimum Gasteiger partial charge on any atom is -0.463 e. The first-order valence-corrected chi connectivity index (χ1v) is 8.31. The van der Waals surface area contributed by atoms with Crippen molar-refractivity contribution in [2.24, 2.45) is 10.8 Å². The van der Waals surface area contributed by atoms with E-state index in [2.05, 4.69) is 34.6 Å². The molecule has 3 heteroatoms. The third-order valence-electron chi connectivity index (χ3n) is 3.48. The van der Waals surface area contributed by atoms with Crippen LogP contribution in [0.15, 0.2) is 11.6 Å². The zero-order chi connectivity index (χ0) is 17.4. The second kappa shape index (κ2) is 9.12. The number of ether oxygens (including phenoxy) is 1. The maximum Gasteiger partial charge on any atom is 0.330 e. The van der Waals surface area contributed by atoms with Crippen molar-refractivity contribution < 1.29 is 14.3 Å². The van der Waals surface area contributed by atoms with E-state index in [0.29, 0.717) is 25.2 Å². The number of carbonyl (C=O) groups is 2. The van der Waals surface area contributed by atoms with Crippen LogP contribution in [0.3, 0.4) is 0 Å². The van der Waals surface area contributed by atoms with Gasteiger partial charge < -0.3 is 4.74 Å². The Morgan fingerprint density at radius 1 is 1.05 bits per heavy atom. The van der Waals surface area contributed by atoms with Gasteiger partial charge >= 0.3 is 5.97 Å². The highest BCUT2D eigenvalue weighted by Gasteiger charge is 2.24. The Hall–Kier alpha value is -1.12. The molecule has 0 aromatic carbocycles. The fraction of sp³-hybridized carbons (Fsp3) is 0.789. The Bertz CT molecular complexity index is 397. The topological polar surface area (TPSA) is 43.4 Å². The summed E-state index contributed by atoms with van der Waals surface area (Å²) in [6, 6.07) is 0. The van der Waals surface area contributed by atoms with E-state index < -0.39 is 0 Å². The number of hydrogen-bond donors (Lipinski definition) is 0. The van der Waals surface area contributed by atoms with Gasteiger partial charge in [0.05, 0.1) is 6.61 Å². The summed E-state index contributed by atoms with van der Waals surface area (Å²) in [6.07, 6.45) is 5.68. The van der Waals surface area contributed by atoms with Crippen LogP contribution in [0.5, 0.6) is 0 Å². The minimum absolute atomic E-state index is 0.0204. The van der Waals surface area contributed by atoms with Crippen molar-refractivity contribution in [3.63, 3.8) is 0 Å². The van der Waals surface area contributed by atoms with Gasteiger partial charge in [0.1, 0.15) is 5.78 Å². The normalized spacial score (nSPS) is 13.1. The quantitative estimate of drug-likeness (QED) is 0.440. The summed E-state index contributed by atoms with van der Waals surface area (Å²) in [5.74, 6) is 0.0795. The van der Waals surface area contributed by atoms with Gasteiger partial charge in [0.25, 0.3) is 0 Å². The van der Waals surface area contributed by atoms with Gasteiger partial charge in [-0.15, -0.1) is 0 Å². The van der Waals surface area contributed by atoms with E-state index in [1.54, 1.807) is 13.0 Å². The van der Waals surface area contributed by atoms with Crippen LogP contribution in [0.4, 0.5) is 0 Å². The number of esters is 1. The third kappa shape index (κ3) is 11.5. The highest BCUT2D eigenvalue weighted by molar-refractivity contribution is 5.82. The standard InChI is InChI=1S/C19H34O3/c1-8-22-17(21)12-15(2)10-9-11-19(6,7)14-16(20)13-18(3,4)5/h12H,8-11,13-14H2,1-7H3. The highest BCUT2D eigenvalue weighted by atomic mass is 16.5. The predicted octanol–water partition coefficient (Wildman–Crippen LogP) is 5.09. The molecular formula is C19H34O3. The average molecular weight is 310 g/mol. The first-order chi connectivity index (χ1) is 9.95. The monoisotopic (exact) mass is 310 g/mol. The lowest BCUT2D eigenvalue weighted by Crippen LogP contribution is -2.21. The molecule has 0 saturated heterocycles. The SMILES string of the molecule is CCOC(=O)C=C(C)CCCC(C)(C)CC(=O)CC(C)(C)C. The zero-order valence-electron chi connectivity index (χ0n) is 15.5. The first kappa shape index (κ1) is 20.9. The molecule has 0 amide bonds. The van der Waals surface area contributed by atoms with Gasteiger partial charge in [0.2, 0.25) is 0 Å². The van der Waals surface area contributed by atoms with Crippen LogP contribution in [0, 0.1) is 10.8 Å². The molecule has 3 nitrogen and oxygen atoms in total. The van der Waals surface area contributed by atoms with E-state index in [9.17, 15) is 9.59 Å². The van der Waals surface area contributed by atoms with Gasteiger partial charge in [-0.1, -0.05) is 40.2 Å². The van der Waals surface area contributed by atoms with Gasteiger partial charge in [-0.3, -0.25) is 4.79 Å². The van der Waals surface area contributed by atoms with Gasteiger partial charge in [-0.05, 0) is 43.9 Å². The maximum absolute atomic E-state index is 12.1. The second-order valence-corrected chi connectivity index (χ2v) is 8.21. The molecule has 0 heterocycles. The summed E-state index contributed by atoms with van der Waals surface area (Å²) in [4.78, 5) is 23.5. The van der Waals surface area contributed by atoms with E-state index in [-0.39, 0.29) is 16.8 Å². The summed E-state index contributed by atoms with van der Waals surface area (Å²) in [5, 5.41) is 0. The molecule has 0 radical (unpaired) electrons. The van der Waals surface area contributed by atoms with Crippen molar-refractivity contribution in [3.8, 4) is 0 Å². The molecule has 22 heavy (non-hydrogen) atoms. The van der Waals surface area contributed by atoms with E-state index >= 15 is 0 Å². The number of allylic oxidation sites excluding steroid dienone is 1. The van der Waals surface area contributed by atoms with E-state index in [1.807, 2.05) is 6.92 Å². The Kier molecular flexibility index (Phi) is 8.65. The van der Waals surface area contributed by atoms with Gasteiger partial charge in [-0.25, -0.2) is 4.79 Å². The molecule has 0 aliphatic heterocycles. The van der Waals surface area contributed by atoms with Crippen LogP contribution < -0.4 is 0 Å². The molecule has 0 atom stereocenters. The predicted molar refractivity (Wildman–Crippen MR) is 91.7 cm³/mol. The molecule has 0 saturated carbocycles. The van der Waals surface area contributed by atoms with Gasteiger partial charge in [0.15, 0.2) is 0 Å². The number of Topliss-reactive ketones (excluding diaryl/α,β-unsaturated/α-hetero) is 1. The number of rotatable bonds is 9. The van der Waals surface area contributed by atoms with E-state index in [1.165, 1.54) is 0 Å². The van der Waals surface area contributed by atoms with Crippen molar-refractivity contribution in [2.45, 2.75) is 80.6 Å². The largest absolute Gasteiger partial charge is 0.463 e. The molecule has 0 aliphatic rings. The van der Waals surface area contributed by atoms with E-state index in [0.717, 1.165) is 24.8 Å². The van der Waals surface area contributed by atoms with Crippen LogP contribution in [0.25, 0.3) is 0 Å². The van der Waals surface area contributed by atoms with Crippen molar-refractivity contribution in [3.05, 3.63) is 11.6 Å². The number of carbonyl (C=O) groups excluding carboxylic acids is 2. The summed E-state index contributed by atoms with van der Waals surface area (Å²) >= 11 is 0. The van der Waals surface area contributed by atoms with Crippen LogP contribution in [0.2, 0.25) is 0 Å². The Labute approximate surface area is 136 Å². The molecule has 0 aromatic heterocycles. The second-order valence-electron chi connectivity index (χ2n) is 8.21. The molecule has 0 spiro atoms. The summed E-state index contributed by atoms with van der Waals surface area (Å²) < 4.78 is 4.90. The lowest BCUT2D eigenvalue weighted by Gasteiger charge is -2.26. The molecular weight excluding hydrogens is 276 g/mol. The smallest absolute Gasteiger partial charge is 0.330 e. The van der Waals surface area contributed by atoms with Crippen molar-refractivity contribution >= 4 is 11.8 Å². The fourth-order valence-corrected chi connectivity index (χ4v) is 2.58. The molecule has 0 N–H and O–H groups in total. The summed E-state index contributed by atoms with van der Waals surface area (Å²) in [7, 11) is 0. The van der Waals surface area contributed by atoms with E-state index in [4.69, 9.17) is 4.74 Å². The Morgan fingerprint density at radius 3 is 2.14 bits per heavy atom. The van der Waals surface area contributed by atoms with Crippen LogP contribution in [0.1, 0.15) is 80.6 Å². The molecule has 0 rings (SSSR count). The minimum atomic E-state index is -0.264. The van der Waals surface area contributed by atoms with Crippen molar-refractivity contribution in [1.82, 2.24) is 0 Å². The van der Waals surface area contributed by atoms with Crippen LogP contribution >= 0.6 is 0 Å². The molecule has 128 valence electrons. The lowest BCUT2D eigenvalue weighted by molar-refractivity contribution is -0.137. The molecule has 0 bridgehead atoms. The lowest BCUT2D eigenvalue weighted by atomic mass is 9.78. The van der Waals surface area contributed by atoms with Crippen molar-refractivity contribution in [2.75, 3.05) is 6.61 Å². The molecule has 0 fully saturated rings. The Morgan fingerprint density at radius 2 is 1.64 bits per heavy atom. The van der Waals surface area contributed by atoms with Gasteiger partial charge in [0, 0.05) is 18.9 Å². The summed E-state index contributed by atoms with van der Waals surface area (Å²) in [6.45, 7) is 14.8. The number of ketones is 1. The first-order valence-electron chi connectivity index (χ1n) is 8.31. The molecule has 0 aliphatic carbocycles. The van der Waals surface area contributed by atoms with Crippen LogP contribution in [-0.4, -0.2) is 18.4 Å². The van der Waals surface area contributed by atoms with Crippen LogP contribution in [-0.2, 0) is 14.3 Å².